The number of rotatable bonds is 2. The Morgan fingerprint density at radius 1 is 1.60 bits per heavy atom. The van der Waals surface area contributed by atoms with Crippen molar-refractivity contribution in [2.75, 3.05) is 0 Å². The Hall–Kier alpha value is -1.95. The normalized spacial score (nSPS) is 12.9. The fourth-order valence-corrected chi connectivity index (χ4v) is 1.40. The molecule has 1 aromatic carbocycles. The van der Waals surface area contributed by atoms with Crippen LogP contribution in [-0.2, 0) is 0 Å². The highest BCUT2D eigenvalue weighted by atomic mass is 16.6. The van der Waals surface area contributed by atoms with E-state index < -0.39 is 4.92 Å². The molecule has 6 heteroatoms. The number of hydrogen-bond acceptors (Lipinski definition) is 4. The third-order valence-electron chi connectivity index (χ3n) is 2.14. The van der Waals surface area contributed by atoms with Crippen LogP contribution in [-0.4, -0.2) is 14.9 Å². The molecule has 0 fully saturated rings. The van der Waals surface area contributed by atoms with Gasteiger partial charge in [-0.15, -0.1) is 0 Å². The molecule has 0 aliphatic rings. The molecule has 2 rings (SSSR count). The summed E-state index contributed by atoms with van der Waals surface area (Å²) in [6, 6.07) is 4.51. The standard InChI is InChI=1S/C9H10N4O2/c1-5(10)9-11-6-3-2-4-7(13(14)15)8(6)12-9/h2-5H,10H2,1H3,(H,11,12). The van der Waals surface area contributed by atoms with Crippen molar-refractivity contribution in [3.05, 3.63) is 34.1 Å². The number of aromatic nitrogens is 2. The summed E-state index contributed by atoms with van der Waals surface area (Å²) in [6.07, 6.45) is 0. The van der Waals surface area contributed by atoms with Gasteiger partial charge in [-0.25, -0.2) is 4.98 Å². The molecule has 0 bridgehead atoms. The van der Waals surface area contributed by atoms with E-state index in [1.807, 2.05) is 0 Å². The molecule has 2 aromatic rings. The fraction of sp³-hybridized carbons (Fsp3) is 0.222. The number of fused-ring (bicyclic) bond motifs is 1. The summed E-state index contributed by atoms with van der Waals surface area (Å²) in [5.74, 6) is 0.555. The lowest BCUT2D eigenvalue weighted by molar-refractivity contribution is -0.383. The first-order chi connectivity index (χ1) is 7.09. The van der Waals surface area contributed by atoms with Crippen molar-refractivity contribution in [2.24, 2.45) is 5.73 Å². The van der Waals surface area contributed by atoms with Gasteiger partial charge in [-0.2, -0.15) is 0 Å². The number of H-pyrrole nitrogens is 1. The molecule has 0 radical (unpaired) electrons. The first-order valence-corrected chi connectivity index (χ1v) is 4.48. The van der Waals surface area contributed by atoms with Gasteiger partial charge in [0.2, 0.25) is 0 Å². The number of hydrogen-bond donors (Lipinski definition) is 2. The zero-order valence-electron chi connectivity index (χ0n) is 8.10. The topological polar surface area (TPSA) is 97.8 Å². The predicted octanol–water partition coefficient (Wildman–Crippen LogP) is 1.49. The molecule has 1 unspecified atom stereocenters. The van der Waals surface area contributed by atoms with Crippen molar-refractivity contribution >= 4 is 16.7 Å². The number of nitro groups is 1. The first kappa shape index (κ1) is 9.60. The SMILES string of the molecule is CC(N)c1nc2c([N+](=O)[O-])cccc2[nH]1. The van der Waals surface area contributed by atoms with E-state index in [9.17, 15) is 10.1 Å². The lowest BCUT2D eigenvalue weighted by atomic mass is 10.3. The summed E-state index contributed by atoms with van der Waals surface area (Å²) in [4.78, 5) is 17.3. The van der Waals surface area contributed by atoms with E-state index in [0.29, 0.717) is 16.9 Å². The van der Waals surface area contributed by atoms with Crippen molar-refractivity contribution in [3.8, 4) is 0 Å². The van der Waals surface area contributed by atoms with E-state index in [4.69, 9.17) is 5.73 Å². The minimum absolute atomic E-state index is 0.00403. The van der Waals surface area contributed by atoms with Gasteiger partial charge in [0.25, 0.3) is 5.69 Å². The molecular weight excluding hydrogens is 196 g/mol. The molecule has 1 atom stereocenters. The average Bonchev–Trinajstić information content (AvgIpc) is 2.60. The van der Waals surface area contributed by atoms with Gasteiger partial charge >= 0.3 is 0 Å². The van der Waals surface area contributed by atoms with Gasteiger partial charge in [0.05, 0.1) is 16.5 Å². The monoisotopic (exact) mass is 206 g/mol. The minimum atomic E-state index is -0.450. The van der Waals surface area contributed by atoms with Gasteiger partial charge in [-0.3, -0.25) is 10.1 Å². The average molecular weight is 206 g/mol. The van der Waals surface area contributed by atoms with Crippen LogP contribution in [0.25, 0.3) is 11.0 Å². The fourth-order valence-electron chi connectivity index (χ4n) is 1.40. The van der Waals surface area contributed by atoms with Crippen LogP contribution < -0.4 is 5.73 Å². The van der Waals surface area contributed by atoms with Crippen LogP contribution >= 0.6 is 0 Å². The minimum Gasteiger partial charge on any atom is -0.340 e. The van der Waals surface area contributed by atoms with Crippen molar-refractivity contribution < 1.29 is 4.92 Å². The van der Waals surface area contributed by atoms with Crippen molar-refractivity contribution in [1.82, 2.24) is 9.97 Å². The maximum atomic E-state index is 10.7. The Labute approximate surface area is 85.3 Å². The van der Waals surface area contributed by atoms with Crippen LogP contribution in [0.3, 0.4) is 0 Å². The number of aromatic amines is 1. The third kappa shape index (κ3) is 1.55. The number of nitrogens with one attached hydrogen (secondary N) is 1. The first-order valence-electron chi connectivity index (χ1n) is 4.48. The van der Waals surface area contributed by atoms with Crippen molar-refractivity contribution in [2.45, 2.75) is 13.0 Å². The Kier molecular flexibility index (Phi) is 2.12. The number of non-ortho nitro benzene ring substituents is 1. The zero-order valence-corrected chi connectivity index (χ0v) is 8.10. The molecule has 1 aromatic heterocycles. The summed E-state index contributed by atoms with van der Waals surface area (Å²) in [5.41, 5.74) is 6.63. The Balaban J connectivity index is 2.70. The van der Waals surface area contributed by atoms with Gasteiger partial charge in [0.1, 0.15) is 5.82 Å². The molecule has 0 saturated carbocycles. The molecular formula is C9H10N4O2. The van der Waals surface area contributed by atoms with Crippen LogP contribution in [0.4, 0.5) is 5.69 Å². The summed E-state index contributed by atoms with van der Waals surface area (Å²) in [7, 11) is 0. The largest absolute Gasteiger partial charge is 0.340 e. The number of benzene rings is 1. The maximum absolute atomic E-state index is 10.7. The molecule has 15 heavy (non-hydrogen) atoms. The summed E-state index contributed by atoms with van der Waals surface area (Å²) >= 11 is 0. The van der Waals surface area contributed by atoms with E-state index in [-0.39, 0.29) is 11.7 Å². The quantitative estimate of drug-likeness (QED) is 0.574. The van der Waals surface area contributed by atoms with Gasteiger partial charge in [-0.1, -0.05) is 6.07 Å². The number of nitrogens with zero attached hydrogens (tertiary/aromatic N) is 2. The molecule has 0 aliphatic carbocycles. The molecule has 1 heterocycles. The summed E-state index contributed by atoms with van der Waals surface area (Å²) in [6.45, 7) is 1.77. The highest BCUT2D eigenvalue weighted by Gasteiger charge is 2.16. The van der Waals surface area contributed by atoms with E-state index in [1.54, 1.807) is 19.1 Å². The van der Waals surface area contributed by atoms with E-state index in [1.165, 1.54) is 6.07 Å². The van der Waals surface area contributed by atoms with Gasteiger partial charge in [0, 0.05) is 6.07 Å². The maximum Gasteiger partial charge on any atom is 0.297 e. The number of nitrogens with two attached hydrogens (primary N) is 1. The molecule has 0 saturated heterocycles. The van der Waals surface area contributed by atoms with E-state index in [0.717, 1.165) is 0 Å². The second kappa shape index (κ2) is 3.32. The van der Waals surface area contributed by atoms with Gasteiger partial charge in [-0.05, 0) is 13.0 Å². The highest BCUT2D eigenvalue weighted by molar-refractivity contribution is 5.84. The van der Waals surface area contributed by atoms with Crippen molar-refractivity contribution in [3.63, 3.8) is 0 Å². The number of nitro benzene ring substituents is 1. The predicted molar refractivity (Wildman–Crippen MR) is 55.4 cm³/mol. The Morgan fingerprint density at radius 2 is 2.33 bits per heavy atom. The summed E-state index contributed by atoms with van der Waals surface area (Å²) in [5, 5.41) is 10.7. The van der Waals surface area contributed by atoms with Crippen LogP contribution in [0.2, 0.25) is 0 Å². The van der Waals surface area contributed by atoms with E-state index in [2.05, 4.69) is 9.97 Å². The summed E-state index contributed by atoms with van der Waals surface area (Å²) < 4.78 is 0. The van der Waals surface area contributed by atoms with Gasteiger partial charge in [0.15, 0.2) is 5.52 Å². The second-order valence-electron chi connectivity index (χ2n) is 3.34. The van der Waals surface area contributed by atoms with Crippen molar-refractivity contribution in [1.29, 1.82) is 0 Å². The highest BCUT2D eigenvalue weighted by Crippen LogP contribution is 2.24. The van der Waals surface area contributed by atoms with E-state index >= 15 is 0 Å². The molecule has 78 valence electrons. The molecule has 3 N–H and O–H groups in total. The van der Waals surface area contributed by atoms with Crippen LogP contribution in [0.5, 0.6) is 0 Å². The Morgan fingerprint density at radius 3 is 2.93 bits per heavy atom. The molecule has 0 aliphatic heterocycles. The van der Waals surface area contributed by atoms with Gasteiger partial charge < -0.3 is 10.7 Å². The van der Waals surface area contributed by atoms with Crippen LogP contribution in [0.15, 0.2) is 18.2 Å². The molecule has 0 spiro atoms. The Bertz CT molecular complexity index is 518. The lowest BCUT2D eigenvalue weighted by Crippen LogP contribution is -2.06. The number of imidazole rings is 1. The zero-order chi connectivity index (χ0) is 11.0. The molecule has 6 nitrogen and oxygen atoms in total. The molecule has 0 amide bonds. The third-order valence-corrected chi connectivity index (χ3v) is 2.14. The smallest absolute Gasteiger partial charge is 0.297 e. The second-order valence-corrected chi connectivity index (χ2v) is 3.34. The lowest BCUT2D eigenvalue weighted by Gasteiger charge is -1.96. The van der Waals surface area contributed by atoms with Crippen LogP contribution in [0, 0.1) is 10.1 Å². The number of para-hydroxylation sites is 1. The van der Waals surface area contributed by atoms with Crippen LogP contribution in [0.1, 0.15) is 18.8 Å².